The SMILES string of the molecule is CCOc1ccc(-n2c(CN[C@H](C)c3ccc(OCC)c(OCC)c3)nc3ccccc3c2=O)cc1. The van der Waals surface area contributed by atoms with Gasteiger partial charge in [0.15, 0.2) is 11.5 Å². The molecule has 3 aromatic carbocycles. The van der Waals surface area contributed by atoms with E-state index in [1.54, 1.807) is 4.57 Å². The predicted molar refractivity (Wildman–Crippen MR) is 143 cm³/mol. The summed E-state index contributed by atoms with van der Waals surface area (Å²) in [6.07, 6.45) is 0. The Morgan fingerprint density at radius 2 is 1.56 bits per heavy atom. The average Bonchev–Trinajstić information content (AvgIpc) is 2.89. The number of benzene rings is 3. The van der Waals surface area contributed by atoms with Crippen molar-refractivity contribution in [3.8, 4) is 22.9 Å². The molecular weight excluding hydrogens is 454 g/mol. The predicted octanol–water partition coefficient (Wildman–Crippen LogP) is 5.43. The molecule has 1 atom stereocenters. The van der Waals surface area contributed by atoms with E-state index >= 15 is 0 Å². The Morgan fingerprint density at radius 3 is 2.28 bits per heavy atom. The first-order valence-electron chi connectivity index (χ1n) is 12.4. The Morgan fingerprint density at radius 1 is 0.861 bits per heavy atom. The summed E-state index contributed by atoms with van der Waals surface area (Å²) in [4.78, 5) is 18.4. The molecule has 0 bridgehead atoms. The van der Waals surface area contributed by atoms with Gasteiger partial charge in [0, 0.05) is 6.04 Å². The Hall–Kier alpha value is -3.84. The molecule has 0 aliphatic rings. The van der Waals surface area contributed by atoms with Gasteiger partial charge in [0.1, 0.15) is 11.6 Å². The summed E-state index contributed by atoms with van der Waals surface area (Å²) < 4.78 is 18.7. The zero-order valence-corrected chi connectivity index (χ0v) is 21.3. The van der Waals surface area contributed by atoms with Crippen LogP contribution in [-0.4, -0.2) is 29.4 Å². The van der Waals surface area contributed by atoms with Gasteiger partial charge in [-0.2, -0.15) is 0 Å². The Kier molecular flexibility index (Phi) is 8.23. The van der Waals surface area contributed by atoms with Crippen molar-refractivity contribution in [2.45, 2.75) is 40.3 Å². The van der Waals surface area contributed by atoms with Crippen LogP contribution in [0.1, 0.15) is 45.1 Å². The van der Waals surface area contributed by atoms with E-state index in [4.69, 9.17) is 19.2 Å². The van der Waals surface area contributed by atoms with E-state index in [2.05, 4.69) is 12.2 Å². The molecule has 4 rings (SSSR count). The largest absolute Gasteiger partial charge is 0.494 e. The molecule has 7 heteroatoms. The van der Waals surface area contributed by atoms with Gasteiger partial charge in [-0.25, -0.2) is 4.98 Å². The van der Waals surface area contributed by atoms with Gasteiger partial charge in [0.2, 0.25) is 0 Å². The molecule has 36 heavy (non-hydrogen) atoms. The second-order valence-electron chi connectivity index (χ2n) is 8.29. The van der Waals surface area contributed by atoms with Gasteiger partial charge < -0.3 is 19.5 Å². The highest BCUT2D eigenvalue weighted by Crippen LogP contribution is 2.31. The molecule has 1 aromatic heterocycles. The maximum Gasteiger partial charge on any atom is 0.266 e. The van der Waals surface area contributed by atoms with Crippen molar-refractivity contribution in [2.24, 2.45) is 0 Å². The van der Waals surface area contributed by atoms with Gasteiger partial charge in [-0.15, -0.1) is 0 Å². The Bertz CT molecular complexity index is 1370. The molecule has 188 valence electrons. The third-order valence-corrected chi connectivity index (χ3v) is 5.88. The number of para-hydroxylation sites is 1. The summed E-state index contributed by atoms with van der Waals surface area (Å²) in [6, 6.07) is 20.9. The van der Waals surface area contributed by atoms with Crippen LogP contribution in [0.2, 0.25) is 0 Å². The zero-order chi connectivity index (χ0) is 25.5. The third-order valence-electron chi connectivity index (χ3n) is 5.88. The number of hydrogen-bond acceptors (Lipinski definition) is 6. The van der Waals surface area contributed by atoms with E-state index in [1.807, 2.05) is 87.5 Å². The van der Waals surface area contributed by atoms with Gasteiger partial charge in [0.25, 0.3) is 5.56 Å². The number of hydrogen-bond donors (Lipinski definition) is 1. The van der Waals surface area contributed by atoms with Crippen molar-refractivity contribution in [3.05, 3.63) is 88.5 Å². The van der Waals surface area contributed by atoms with E-state index in [-0.39, 0.29) is 11.6 Å². The summed E-state index contributed by atoms with van der Waals surface area (Å²) in [7, 11) is 0. The number of fused-ring (bicyclic) bond motifs is 1. The van der Waals surface area contributed by atoms with Gasteiger partial charge in [-0.05, 0) is 81.8 Å². The summed E-state index contributed by atoms with van der Waals surface area (Å²) in [5.41, 5.74) is 2.37. The van der Waals surface area contributed by atoms with Crippen molar-refractivity contribution in [1.29, 1.82) is 0 Å². The van der Waals surface area contributed by atoms with Crippen LogP contribution in [-0.2, 0) is 6.54 Å². The minimum absolute atomic E-state index is 0.0166. The van der Waals surface area contributed by atoms with Gasteiger partial charge in [0.05, 0.1) is 43.0 Å². The van der Waals surface area contributed by atoms with Crippen LogP contribution in [0.4, 0.5) is 0 Å². The monoisotopic (exact) mass is 487 g/mol. The molecule has 0 amide bonds. The third kappa shape index (κ3) is 5.52. The summed E-state index contributed by atoms with van der Waals surface area (Å²) in [5, 5.41) is 4.11. The van der Waals surface area contributed by atoms with Crippen LogP contribution in [0.15, 0.2) is 71.5 Å². The number of aromatic nitrogens is 2. The molecule has 0 aliphatic heterocycles. The lowest BCUT2D eigenvalue weighted by Gasteiger charge is -2.19. The highest BCUT2D eigenvalue weighted by Gasteiger charge is 2.16. The van der Waals surface area contributed by atoms with Crippen LogP contribution in [0.3, 0.4) is 0 Å². The minimum Gasteiger partial charge on any atom is -0.494 e. The smallest absolute Gasteiger partial charge is 0.266 e. The van der Waals surface area contributed by atoms with Crippen LogP contribution < -0.4 is 25.1 Å². The van der Waals surface area contributed by atoms with Crippen LogP contribution in [0, 0.1) is 0 Å². The summed E-state index contributed by atoms with van der Waals surface area (Å²) in [6.45, 7) is 10.0. The Labute approximate surface area is 211 Å². The average molecular weight is 488 g/mol. The number of nitrogens with zero attached hydrogens (tertiary/aromatic N) is 2. The van der Waals surface area contributed by atoms with Crippen LogP contribution in [0.25, 0.3) is 16.6 Å². The maximum absolute atomic E-state index is 13.5. The van der Waals surface area contributed by atoms with E-state index in [0.717, 1.165) is 28.5 Å². The zero-order valence-electron chi connectivity index (χ0n) is 21.3. The molecule has 0 aliphatic carbocycles. The van der Waals surface area contributed by atoms with Gasteiger partial charge >= 0.3 is 0 Å². The minimum atomic E-state index is -0.103. The number of rotatable bonds is 11. The maximum atomic E-state index is 13.5. The molecular formula is C29H33N3O4. The van der Waals surface area contributed by atoms with Crippen molar-refractivity contribution < 1.29 is 14.2 Å². The van der Waals surface area contributed by atoms with Crippen LogP contribution in [0.5, 0.6) is 17.2 Å². The van der Waals surface area contributed by atoms with Crippen molar-refractivity contribution in [1.82, 2.24) is 14.9 Å². The first-order valence-corrected chi connectivity index (χ1v) is 12.4. The van der Waals surface area contributed by atoms with Gasteiger partial charge in [-0.3, -0.25) is 9.36 Å². The lowest BCUT2D eigenvalue weighted by Crippen LogP contribution is -2.28. The van der Waals surface area contributed by atoms with E-state index in [0.29, 0.717) is 43.1 Å². The molecule has 1 heterocycles. The first-order chi connectivity index (χ1) is 17.5. The normalized spacial score (nSPS) is 11.9. The fraction of sp³-hybridized carbons (Fsp3) is 0.310. The highest BCUT2D eigenvalue weighted by atomic mass is 16.5. The second-order valence-corrected chi connectivity index (χ2v) is 8.29. The first kappa shape index (κ1) is 25.3. The summed E-state index contributed by atoms with van der Waals surface area (Å²) in [5.74, 6) is 2.85. The van der Waals surface area contributed by atoms with Crippen molar-refractivity contribution in [3.63, 3.8) is 0 Å². The topological polar surface area (TPSA) is 74.6 Å². The highest BCUT2D eigenvalue weighted by molar-refractivity contribution is 5.77. The van der Waals surface area contributed by atoms with Crippen LogP contribution >= 0.6 is 0 Å². The Balaban J connectivity index is 1.66. The fourth-order valence-corrected chi connectivity index (χ4v) is 4.12. The van der Waals surface area contributed by atoms with E-state index in [9.17, 15) is 4.79 Å². The molecule has 0 fully saturated rings. The molecule has 0 spiro atoms. The molecule has 7 nitrogen and oxygen atoms in total. The molecule has 0 radical (unpaired) electrons. The second kappa shape index (κ2) is 11.7. The van der Waals surface area contributed by atoms with E-state index in [1.165, 1.54) is 0 Å². The van der Waals surface area contributed by atoms with Gasteiger partial charge in [-0.1, -0.05) is 18.2 Å². The fourth-order valence-electron chi connectivity index (χ4n) is 4.12. The molecule has 0 saturated carbocycles. The molecule has 0 saturated heterocycles. The van der Waals surface area contributed by atoms with Crippen molar-refractivity contribution >= 4 is 10.9 Å². The number of nitrogens with one attached hydrogen (secondary N) is 1. The van der Waals surface area contributed by atoms with E-state index < -0.39 is 0 Å². The quantitative estimate of drug-likeness (QED) is 0.304. The number of ether oxygens (including phenoxy) is 3. The lowest BCUT2D eigenvalue weighted by atomic mass is 10.1. The molecule has 0 unspecified atom stereocenters. The van der Waals surface area contributed by atoms with Crippen molar-refractivity contribution in [2.75, 3.05) is 19.8 Å². The standard InChI is InChI=1S/C29H33N3O4/c1-5-34-23-15-13-22(14-16-23)32-28(31-25-11-9-8-10-24(25)29(32)33)19-30-20(4)21-12-17-26(35-6-2)27(18-21)36-7-3/h8-18,20,30H,5-7,19H2,1-4H3/t20-/m1/s1. The molecule has 4 aromatic rings. The molecule has 1 N–H and O–H groups in total. The summed E-state index contributed by atoms with van der Waals surface area (Å²) >= 11 is 0. The lowest BCUT2D eigenvalue weighted by molar-refractivity contribution is 0.287.